The normalized spacial score (nSPS) is 22.3. The van der Waals surface area contributed by atoms with Crippen molar-refractivity contribution in [2.75, 3.05) is 24.7 Å². The van der Waals surface area contributed by atoms with Crippen LogP contribution in [0.15, 0.2) is 53.4 Å². The second-order valence-electron chi connectivity index (χ2n) is 9.67. The molecule has 2 fully saturated rings. The predicted molar refractivity (Wildman–Crippen MR) is 137 cm³/mol. The fourth-order valence-corrected chi connectivity index (χ4v) is 6.09. The first-order valence-electron chi connectivity index (χ1n) is 12.1. The second kappa shape index (κ2) is 11.1. The Morgan fingerprint density at radius 2 is 1.74 bits per heavy atom. The maximum Gasteiger partial charge on any atom is 0.319 e. The molecule has 8 heteroatoms. The van der Waals surface area contributed by atoms with Gasteiger partial charge < -0.3 is 10.6 Å². The molecule has 0 unspecified atom stereocenters. The summed E-state index contributed by atoms with van der Waals surface area (Å²) < 4.78 is 23.6. The maximum atomic E-state index is 12.7. The molecule has 2 amide bonds. The van der Waals surface area contributed by atoms with Gasteiger partial charge in [-0.05, 0) is 87.0 Å². The van der Waals surface area contributed by atoms with E-state index in [4.69, 9.17) is 11.6 Å². The van der Waals surface area contributed by atoms with E-state index >= 15 is 0 Å². The molecule has 2 aromatic carbocycles. The number of nitrogens with one attached hydrogen (secondary N) is 2. The highest BCUT2D eigenvalue weighted by molar-refractivity contribution is 7.90. The third-order valence-electron chi connectivity index (χ3n) is 7.12. The van der Waals surface area contributed by atoms with Crippen molar-refractivity contribution in [3.05, 3.63) is 59.1 Å². The highest BCUT2D eigenvalue weighted by Crippen LogP contribution is 2.29. The molecule has 34 heavy (non-hydrogen) atoms. The molecular formula is C26H34ClN3O3S. The highest BCUT2D eigenvalue weighted by atomic mass is 35.5. The number of amides is 2. The number of hydrogen-bond acceptors (Lipinski definition) is 4. The molecule has 0 aromatic heterocycles. The number of likely N-dealkylation sites (tertiary alicyclic amines) is 1. The second-order valence-corrected chi connectivity index (χ2v) is 12.1. The molecule has 0 radical (unpaired) electrons. The minimum Gasteiger partial charge on any atom is -0.334 e. The molecule has 2 N–H and O–H groups in total. The summed E-state index contributed by atoms with van der Waals surface area (Å²) in [4.78, 5) is 15.5. The first kappa shape index (κ1) is 25.0. The van der Waals surface area contributed by atoms with Crippen LogP contribution in [0.5, 0.6) is 0 Å². The van der Waals surface area contributed by atoms with Gasteiger partial charge in [-0.3, -0.25) is 4.90 Å². The van der Waals surface area contributed by atoms with Gasteiger partial charge in [0.25, 0.3) is 0 Å². The van der Waals surface area contributed by atoms with Crippen molar-refractivity contribution in [2.24, 2.45) is 5.92 Å². The molecule has 1 saturated carbocycles. The van der Waals surface area contributed by atoms with E-state index in [1.807, 2.05) is 12.1 Å². The van der Waals surface area contributed by atoms with Crippen molar-refractivity contribution in [2.45, 2.75) is 61.9 Å². The van der Waals surface area contributed by atoms with Crippen molar-refractivity contribution < 1.29 is 13.2 Å². The smallest absolute Gasteiger partial charge is 0.319 e. The largest absolute Gasteiger partial charge is 0.334 e. The van der Waals surface area contributed by atoms with Crippen LogP contribution in [0.4, 0.5) is 10.5 Å². The minimum absolute atomic E-state index is 0.0969. The van der Waals surface area contributed by atoms with Gasteiger partial charge in [-0.25, -0.2) is 13.2 Å². The summed E-state index contributed by atoms with van der Waals surface area (Å²) in [7, 11) is -3.32. The Balaban J connectivity index is 1.31. The molecule has 1 aliphatic carbocycles. The number of benzene rings is 2. The number of rotatable bonds is 6. The Morgan fingerprint density at radius 3 is 2.44 bits per heavy atom. The lowest BCUT2D eigenvalue weighted by Crippen LogP contribution is -2.55. The SMILES string of the molecule is CS(=O)(=O)c1cccc(NC(=O)N[C@@H]2CCCC[C@H]2N2CCC(Cc3ccc(Cl)cc3)CC2)c1. The van der Waals surface area contributed by atoms with E-state index in [1.54, 1.807) is 12.1 Å². The van der Waals surface area contributed by atoms with Gasteiger partial charge in [0.2, 0.25) is 0 Å². The quantitative estimate of drug-likeness (QED) is 0.572. The van der Waals surface area contributed by atoms with Gasteiger partial charge in [-0.2, -0.15) is 0 Å². The van der Waals surface area contributed by atoms with Crippen molar-refractivity contribution in [3.8, 4) is 0 Å². The van der Waals surface area contributed by atoms with Crippen molar-refractivity contribution in [3.63, 3.8) is 0 Å². The first-order chi connectivity index (χ1) is 16.3. The van der Waals surface area contributed by atoms with Gasteiger partial charge in [0.05, 0.1) is 4.90 Å². The molecule has 2 atom stereocenters. The van der Waals surface area contributed by atoms with Crippen molar-refractivity contribution >= 4 is 33.2 Å². The maximum absolute atomic E-state index is 12.7. The van der Waals surface area contributed by atoms with E-state index < -0.39 is 9.84 Å². The Hall–Kier alpha value is -2.09. The van der Waals surface area contributed by atoms with Crippen molar-refractivity contribution in [1.29, 1.82) is 0 Å². The van der Waals surface area contributed by atoms with Crippen LogP contribution in [0.25, 0.3) is 0 Å². The van der Waals surface area contributed by atoms with Crippen LogP contribution in [0, 0.1) is 5.92 Å². The van der Waals surface area contributed by atoms with Crippen LogP contribution in [0.3, 0.4) is 0 Å². The third kappa shape index (κ3) is 6.74. The summed E-state index contributed by atoms with van der Waals surface area (Å²) >= 11 is 6.01. The van der Waals surface area contributed by atoms with E-state index in [0.717, 1.165) is 62.9 Å². The van der Waals surface area contributed by atoms with E-state index in [0.29, 0.717) is 17.6 Å². The average Bonchev–Trinajstić information content (AvgIpc) is 2.81. The molecule has 4 rings (SSSR count). The van der Waals surface area contributed by atoms with Gasteiger partial charge in [0.1, 0.15) is 0 Å². The zero-order valence-corrected chi connectivity index (χ0v) is 21.2. The fraction of sp³-hybridized carbons (Fsp3) is 0.500. The van der Waals surface area contributed by atoms with E-state index in [1.165, 1.54) is 24.1 Å². The van der Waals surface area contributed by atoms with E-state index in [9.17, 15) is 13.2 Å². The molecule has 2 aromatic rings. The lowest BCUT2D eigenvalue weighted by Gasteiger charge is -2.43. The number of halogens is 1. The number of piperidine rings is 1. The summed E-state index contributed by atoms with van der Waals surface area (Å²) in [6, 6.07) is 14.7. The first-order valence-corrected chi connectivity index (χ1v) is 14.4. The summed E-state index contributed by atoms with van der Waals surface area (Å²) in [6.07, 6.45) is 8.93. The third-order valence-corrected chi connectivity index (χ3v) is 8.48. The number of carbonyl (C=O) groups excluding carboxylic acids is 1. The average molecular weight is 504 g/mol. The van der Waals surface area contributed by atoms with Gasteiger partial charge in [-0.15, -0.1) is 0 Å². The summed E-state index contributed by atoms with van der Waals surface area (Å²) in [6.45, 7) is 2.11. The topological polar surface area (TPSA) is 78.5 Å². The van der Waals surface area contributed by atoms with Crippen LogP contribution in [0.2, 0.25) is 5.02 Å². The summed E-state index contributed by atoms with van der Waals surface area (Å²) in [5, 5.41) is 6.78. The standard InChI is InChI=1S/C26H34ClN3O3S/c1-34(32,33)23-6-4-5-22(18-23)28-26(31)29-24-7-2-3-8-25(24)30-15-13-20(14-16-30)17-19-9-11-21(27)12-10-19/h4-6,9-12,18,20,24-25H,2-3,7-8,13-17H2,1H3,(H2,28,29,31)/t24-,25-/m1/s1. The Morgan fingerprint density at radius 1 is 1.03 bits per heavy atom. The fourth-order valence-electron chi connectivity index (χ4n) is 5.30. The lowest BCUT2D eigenvalue weighted by molar-refractivity contribution is 0.0859. The molecule has 2 aliphatic rings. The highest BCUT2D eigenvalue weighted by Gasteiger charge is 2.33. The van der Waals surface area contributed by atoms with E-state index in [-0.39, 0.29) is 17.0 Å². The van der Waals surface area contributed by atoms with Crippen LogP contribution in [0.1, 0.15) is 44.1 Å². The summed E-state index contributed by atoms with van der Waals surface area (Å²) in [5.74, 6) is 0.679. The van der Waals surface area contributed by atoms with E-state index in [2.05, 4.69) is 27.7 Å². The minimum atomic E-state index is -3.32. The molecule has 0 spiro atoms. The summed E-state index contributed by atoms with van der Waals surface area (Å²) in [5.41, 5.74) is 1.83. The van der Waals surface area contributed by atoms with Crippen LogP contribution >= 0.6 is 11.6 Å². The molecule has 6 nitrogen and oxygen atoms in total. The molecular weight excluding hydrogens is 470 g/mol. The number of nitrogens with zero attached hydrogens (tertiary/aromatic N) is 1. The molecule has 1 heterocycles. The number of sulfone groups is 1. The monoisotopic (exact) mass is 503 g/mol. The molecule has 1 aliphatic heterocycles. The van der Waals surface area contributed by atoms with Gasteiger partial charge in [0.15, 0.2) is 9.84 Å². The van der Waals surface area contributed by atoms with Gasteiger partial charge in [0, 0.05) is 29.0 Å². The Kier molecular flexibility index (Phi) is 8.17. The number of hydrogen-bond donors (Lipinski definition) is 2. The number of carbonyl (C=O) groups is 1. The zero-order valence-electron chi connectivity index (χ0n) is 19.7. The van der Waals surface area contributed by atoms with Crippen molar-refractivity contribution in [1.82, 2.24) is 10.2 Å². The Labute approximate surface area is 208 Å². The Bertz CT molecular complexity index is 1080. The van der Waals surface area contributed by atoms with Crippen LogP contribution in [-0.2, 0) is 16.3 Å². The van der Waals surface area contributed by atoms with Gasteiger partial charge >= 0.3 is 6.03 Å². The van der Waals surface area contributed by atoms with Gasteiger partial charge in [-0.1, -0.05) is 42.6 Å². The zero-order chi connectivity index (χ0) is 24.1. The molecule has 184 valence electrons. The predicted octanol–water partition coefficient (Wildman–Crippen LogP) is 5.13. The van der Waals surface area contributed by atoms with Crippen LogP contribution < -0.4 is 10.6 Å². The number of urea groups is 1. The molecule has 1 saturated heterocycles. The van der Waals surface area contributed by atoms with Crippen LogP contribution in [-0.4, -0.2) is 50.8 Å². The molecule has 0 bridgehead atoms. The number of anilines is 1. The lowest BCUT2D eigenvalue weighted by atomic mass is 9.85.